The Balaban J connectivity index is 1.42. The molecule has 1 aliphatic heterocycles. The molecule has 30 heavy (non-hydrogen) atoms. The Morgan fingerprint density at radius 1 is 1.07 bits per heavy atom. The van der Waals surface area contributed by atoms with Crippen LogP contribution in [0.3, 0.4) is 0 Å². The van der Waals surface area contributed by atoms with E-state index in [1.165, 1.54) is 5.56 Å². The van der Waals surface area contributed by atoms with E-state index in [0.29, 0.717) is 18.1 Å². The second-order valence-corrected chi connectivity index (χ2v) is 7.71. The minimum Gasteiger partial charge on any atom is -0.497 e. The maximum Gasteiger partial charge on any atom is 0.227 e. The van der Waals surface area contributed by atoms with Crippen LogP contribution in [0, 0.1) is 0 Å². The van der Waals surface area contributed by atoms with E-state index in [-0.39, 0.29) is 0 Å². The van der Waals surface area contributed by atoms with Crippen molar-refractivity contribution in [2.24, 2.45) is 0 Å². The summed E-state index contributed by atoms with van der Waals surface area (Å²) in [5.41, 5.74) is 4.09. The Morgan fingerprint density at radius 3 is 2.60 bits per heavy atom. The van der Waals surface area contributed by atoms with Crippen molar-refractivity contribution < 1.29 is 4.74 Å². The molecule has 0 bridgehead atoms. The van der Waals surface area contributed by atoms with Gasteiger partial charge in [-0.25, -0.2) is 0 Å². The van der Waals surface area contributed by atoms with E-state index in [2.05, 4.69) is 37.5 Å². The number of hydrogen-bond acceptors (Lipinski definition) is 6. The Labute approximate surface area is 179 Å². The molecule has 4 aromatic rings. The lowest BCUT2D eigenvalue weighted by molar-refractivity contribution is 0.414. The number of nitrogens with one attached hydrogen (secondary N) is 2. The lowest BCUT2D eigenvalue weighted by Crippen LogP contribution is -2.29. The van der Waals surface area contributed by atoms with E-state index in [1.54, 1.807) is 7.11 Å². The summed E-state index contributed by atoms with van der Waals surface area (Å²) in [5, 5.41) is 12.6. The summed E-state index contributed by atoms with van der Waals surface area (Å²) < 4.78 is 5.27. The van der Waals surface area contributed by atoms with Crippen molar-refractivity contribution in [3.8, 4) is 5.75 Å². The van der Waals surface area contributed by atoms with E-state index >= 15 is 0 Å². The van der Waals surface area contributed by atoms with Gasteiger partial charge in [0.1, 0.15) is 11.6 Å². The van der Waals surface area contributed by atoms with Gasteiger partial charge in [-0.15, -0.1) is 0 Å². The molecule has 2 N–H and O–H groups in total. The number of halogens is 1. The normalized spacial score (nSPS) is 12.9. The van der Waals surface area contributed by atoms with Crippen molar-refractivity contribution in [3.63, 3.8) is 0 Å². The molecular formula is C22H21ClN6O. The van der Waals surface area contributed by atoms with Crippen LogP contribution in [0.4, 0.5) is 11.8 Å². The number of aromatic nitrogens is 4. The largest absolute Gasteiger partial charge is 0.497 e. The van der Waals surface area contributed by atoms with Crippen molar-refractivity contribution in [2.75, 3.05) is 23.9 Å². The molecule has 5 rings (SSSR count). The highest BCUT2D eigenvalue weighted by Crippen LogP contribution is 2.32. The van der Waals surface area contributed by atoms with Crippen LogP contribution in [0.15, 0.2) is 48.5 Å². The Hall–Kier alpha value is -3.32. The Bertz CT molecular complexity index is 1170. The summed E-state index contributed by atoms with van der Waals surface area (Å²) in [4.78, 5) is 11.7. The number of nitrogens with zero attached hydrogens (tertiary/aromatic N) is 4. The first-order chi connectivity index (χ1) is 14.7. The molecule has 1 aliphatic rings. The van der Waals surface area contributed by atoms with Crippen LogP contribution in [-0.4, -0.2) is 33.8 Å². The third-order valence-corrected chi connectivity index (χ3v) is 5.55. The molecule has 8 heteroatoms. The average Bonchev–Trinajstić information content (AvgIpc) is 3.20. The molecule has 0 saturated heterocycles. The summed E-state index contributed by atoms with van der Waals surface area (Å²) in [6, 6.07) is 15.9. The van der Waals surface area contributed by atoms with Gasteiger partial charge in [0.05, 0.1) is 18.2 Å². The number of H-pyrrole nitrogens is 1. The van der Waals surface area contributed by atoms with E-state index in [4.69, 9.17) is 21.3 Å². The first-order valence-corrected chi connectivity index (χ1v) is 10.2. The van der Waals surface area contributed by atoms with Crippen LogP contribution in [0.1, 0.15) is 16.8 Å². The van der Waals surface area contributed by atoms with Crippen LogP contribution >= 0.6 is 11.6 Å². The zero-order valence-electron chi connectivity index (χ0n) is 16.5. The molecule has 0 atom stereocenters. The predicted molar refractivity (Wildman–Crippen MR) is 118 cm³/mol. The Kier molecular flexibility index (Phi) is 4.88. The van der Waals surface area contributed by atoms with Gasteiger partial charge >= 0.3 is 0 Å². The topological polar surface area (TPSA) is 79.0 Å². The molecule has 7 nitrogen and oxygen atoms in total. The van der Waals surface area contributed by atoms with Gasteiger partial charge in [-0.05, 0) is 35.4 Å². The lowest BCUT2D eigenvalue weighted by atomic mass is 10.1. The number of ether oxygens (including phenoxy) is 1. The highest BCUT2D eigenvalue weighted by atomic mass is 35.5. The van der Waals surface area contributed by atoms with Crippen LogP contribution in [-0.2, 0) is 19.5 Å². The molecule has 0 fully saturated rings. The van der Waals surface area contributed by atoms with Crippen molar-refractivity contribution in [1.82, 2.24) is 20.2 Å². The number of aromatic amines is 1. The molecule has 0 radical (unpaired) electrons. The summed E-state index contributed by atoms with van der Waals surface area (Å²) in [5.74, 6) is 2.32. The number of benzene rings is 2. The third-order valence-electron chi connectivity index (χ3n) is 5.30. The van der Waals surface area contributed by atoms with Gasteiger partial charge in [-0.1, -0.05) is 35.9 Å². The van der Waals surface area contributed by atoms with Gasteiger partial charge in [0, 0.05) is 31.1 Å². The maximum atomic E-state index is 5.97. The van der Waals surface area contributed by atoms with Gasteiger partial charge in [0.2, 0.25) is 5.95 Å². The second-order valence-electron chi connectivity index (χ2n) is 7.27. The van der Waals surface area contributed by atoms with E-state index in [1.807, 2.05) is 36.4 Å². The van der Waals surface area contributed by atoms with Crippen LogP contribution < -0.4 is 15.0 Å². The quantitative estimate of drug-likeness (QED) is 0.487. The molecule has 0 unspecified atom stereocenters. The molecule has 2 aromatic carbocycles. The lowest BCUT2D eigenvalue weighted by Gasteiger charge is -2.28. The van der Waals surface area contributed by atoms with E-state index in [9.17, 15) is 0 Å². The minimum atomic E-state index is 0.562. The van der Waals surface area contributed by atoms with Gasteiger partial charge in [0.25, 0.3) is 0 Å². The summed E-state index contributed by atoms with van der Waals surface area (Å²) >= 11 is 5.97. The fraction of sp³-hybridized carbons (Fsp3) is 0.227. The summed E-state index contributed by atoms with van der Waals surface area (Å²) in [6.07, 6.45) is 0.889. The molecule has 0 saturated carbocycles. The Morgan fingerprint density at radius 2 is 1.83 bits per heavy atom. The number of rotatable bonds is 6. The molecule has 0 spiro atoms. The zero-order valence-corrected chi connectivity index (χ0v) is 17.3. The van der Waals surface area contributed by atoms with Crippen molar-refractivity contribution >= 4 is 34.4 Å². The molecule has 152 valence electrons. The standard InChI is InChI=1S/C22H21ClN6O/c1-30-17-8-4-15(5-9-17)13-29-11-10-18-19-20(28-27-18)25-22(26-21(19)29)24-12-14-2-6-16(23)7-3-14/h2-9H,10-13H2,1H3,(H2,24,25,26,27,28). The zero-order chi connectivity index (χ0) is 20.5. The summed E-state index contributed by atoms with van der Waals surface area (Å²) in [6.45, 7) is 2.24. The highest BCUT2D eigenvalue weighted by Gasteiger charge is 2.24. The van der Waals surface area contributed by atoms with E-state index < -0.39 is 0 Å². The second kappa shape index (κ2) is 7.84. The fourth-order valence-corrected chi connectivity index (χ4v) is 3.82. The molecule has 3 heterocycles. The van der Waals surface area contributed by atoms with Gasteiger partial charge in [-0.3, -0.25) is 5.10 Å². The average molecular weight is 421 g/mol. The number of anilines is 2. The van der Waals surface area contributed by atoms with Crippen molar-refractivity contribution in [1.29, 1.82) is 0 Å². The van der Waals surface area contributed by atoms with Crippen molar-refractivity contribution in [2.45, 2.75) is 19.5 Å². The SMILES string of the molecule is COc1ccc(CN2CCc3[nH]nc4nc(NCc5ccc(Cl)cc5)nc2c34)cc1. The van der Waals surface area contributed by atoms with Gasteiger partial charge < -0.3 is 15.0 Å². The first kappa shape index (κ1) is 18.7. The van der Waals surface area contributed by atoms with Gasteiger partial charge in [-0.2, -0.15) is 15.1 Å². The van der Waals surface area contributed by atoms with E-state index in [0.717, 1.165) is 52.7 Å². The number of methoxy groups -OCH3 is 1. The fourth-order valence-electron chi connectivity index (χ4n) is 3.69. The van der Waals surface area contributed by atoms with Crippen LogP contribution in [0.5, 0.6) is 5.75 Å². The molecule has 0 amide bonds. The van der Waals surface area contributed by atoms with Crippen molar-refractivity contribution in [3.05, 3.63) is 70.4 Å². The molecule has 2 aromatic heterocycles. The summed E-state index contributed by atoms with van der Waals surface area (Å²) in [7, 11) is 1.68. The first-order valence-electron chi connectivity index (χ1n) is 9.81. The smallest absolute Gasteiger partial charge is 0.227 e. The maximum absolute atomic E-state index is 5.97. The number of hydrogen-bond donors (Lipinski definition) is 2. The third kappa shape index (κ3) is 3.64. The highest BCUT2D eigenvalue weighted by molar-refractivity contribution is 6.30. The monoisotopic (exact) mass is 420 g/mol. The molecular weight excluding hydrogens is 400 g/mol. The van der Waals surface area contributed by atoms with Crippen LogP contribution in [0.25, 0.3) is 11.0 Å². The molecule has 0 aliphatic carbocycles. The predicted octanol–water partition coefficient (Wildman–Crippen LogP) is 4.19. The van der Waals surface area contributed by atoms with Gasteiger partial charge in [0.15, 0.2) is 5.65 Å². The minimum absolute atomic E-state index is 0.562. The van der Waals surface area contributed by atoms with Crippen LogP contribution in [0.2, 0.25) is 5.02 Å².